The summed E-state index contributed by atoms with van der Waals surface area (Å²) < 4.78 is 6.62. The van der Waals surface area contributed by atoms with E-state index in [0.717, 1.165) is 0 Å². The molecule has 0 aliphatic carbocycles. The Morgan fingerprint density at radius 3 is 2.90 bits per heavy atom. The van der Waals surface area contributed by atoms with Crippen molar-refractivity contribution in [2.24, 2.45) is 0 Å². The van der Waals surface area contributed by atoms with Crippen molar-refractivity contribution in [1.82, 2.24) is 24.5 Å². The van der Waals surface area contributed by atoms with Crippen molar-refractivity contribution in [2.75, 3.05) is 20.7 Å². The first-order valence-corrected chi connectivity index (χ1v) is 6.26. The molecule has 0 atom stereocenters. The lowest BCUT2D eigenvalue weighted by Gasteiger charge is -2.11. The van der Waals surface area contributed by atoms with Gasteiger partial charge in [-0.1, -0.05) is 0 Å². The number of rotatable bonds is 4. The maximum atomic E-state index is 12.1. The molecule has 0 amide bonds. The molecule has 20 heavy (non-hydrogen) atoms. The Balaban J connectivity index is 2.66. The summed E-state index contributed by atoms with van der Waals surface area (Å²) in [7, 11) is 3.79. The minimum atomic E-state index is -0.409. The summed E-state index contributed by atoms with van der Waals surface area (Å²) >= 11 is 0. The fraction of sp³-hybridized carbons (Fsp3) is 0.385. The van der Waals surface area contributed by atoms with Crippen LogP contribution in [0.3, 0.4) is 0 Å². The summed E-state index contributed by atoms with van der Waals surface area (Å²) in [5.41, 5.74) is 1.59. The van der Waals surface area contributed by atoms with E-state index in [2.05, 4.69) is 15.1 Å². The van der Waals surface area contributed by atoms with Gasteiger partial charge in [-0.15, -0.1) is 0 Å². The van der Waals surface area contributed by atoms with Gasteiger partial charge in [0, 0.05) is 20.3 Å². The van der Waals surface area contributed by atoms with Crippen LogP contribution in [0.4, 0.5) is 0 Å². The molecule has 2 rings (SSSR count). The van der Waals surface area contributed by atoms with Crippen molar-refractivity contribution < 1.29 is 9.53 Å². The second-order valence-corrected chi connectivity index (χ2v) is 4.43. The van der Waals surface area contributed by atoms with Gasteiger partial charge in [0.2, 0.25) is 0 Å². The molecule has 0 radical (unpaired) electrons. The van der Waals surface area contributed by atoms with E-state index in [4.69, 9.17) is 4.74 Å². The molecule has 2 aromatic heterocycles. The van der Waals surface area contributed by atoms with Gasteiger partial charge in [-0.2, -0.15) is 14.6 Å². The molecule has 0 aromatic carbocycles. The molecule has 0 bridgehead atoms. The number of aromatic nitrogens is 4. The molecule has 7 nitrogen and oxygen atoms in total. The van der Waals surface area contributed by atoms with E-state index in [1.807, 2.05) is 25.2 Å². The lowest BCUT2D eigenvalue weighted by Crippen LogP contribution is -2.14. The van der Waals surface area contributed by atoms with Crippen LogP contribution >= 0.6 is 0 Å². The SMILES string of the molecule is CCOC(=O)c1c(C)nc2ncnn2c1/C=C/N(C)C. The van der Waals surface area contributed by atoms with Gasteiger partial charge in [0.05, 0.1) is 18.0 Å². The zero-order valence-corrected chi connectivity index (χ0v) is 12.0. The van der Waals surface area contributed by atoms with Crippen LogP contribution < -0.4 is 0 Å². The van der Waals surface area contributed by atoms with E-state index in [1.54, 1.807) is 19.9 Å². The van der Waals surface area contributed by atoms with Crippen LogP contribution in [0.2, 0.25) is 0 Å². The van der Waals surface area contributed by atoms with E-state index in [1.165, 1.54) is 10.8 Å². The molecule has 0 saturated carbocycles. The number of ether oxygens (including phenoxy) is 1. The maximum absolute atomic E-state index is 12.1. The third-order valence-corrected chi connectivity index (χ3v) is 2.65. The Morgan fingerprint density at radius 1 is 1.50 bits per heavy atom. The Labute approximate surface area is 116 Å². The van der Waals surface area contributed by atoms with Gasteiger partial charge < -0.3 is 9.64 Å². The van der Waals surface area contributed by atoms with Gasteiger partial charge in [-0.25, -0.2) is 9.78 Å². The topological polar surface area (TPSA) is 72.6 Å². The number of aryl methyl sites for hydroxylation is 1. The average molecular weight is 275 g/mol. The predicted octanol–water partition coefficient (Wildman–Crippen LogP) is 1.14. The highest BCUT2D eigenvalue weighted by atomic mass is 16.5. The zero-order chi connectivity index (χ0) is 14.7. The van der Waals surface area contributed by atoms with Crippen molar-refractivity contribution in [3.63, 3.8) is 0 Å². The van der Waals surface area contributed by atoms with Gasteiger partial charge >= 0.3 is 5.97 Å². The average Bonchev–Trinajstić information content (AvgIpc) is 2.83. The number of carbonyl (C=O) groups excluding carboxylic acids is 1. The smallest absolute Gasteiger partial charge is 0.342 e. The number of esters is 1. The largest absolute Gasteiger partial charge is 0.462 e. The van der Waals surface area contributed by atoms with Gasteiger partial charge in [-0.05, 0) is 19.9 Å². The third-order valence-electron chi connectivity index (χ3n) is 2.65. The minimum Gasteiger partial charge on any atom is -0.462 e. The highest BCUT2D eigenvalue weighted by Gasteiger charge is 2.20. The number of hydrogen-bond acceptors (Lipinski definition) is 6. The molecule has 2 heterocycles. The monoisotopic (exact) mass is 275 g/mol. The molecule has 0 spiro atoms. The van der Waals surface area contributed by atoms with E-state index in [-0.39, 0.29) is 0 Å². The van der Waals surface area contributed by atoms with E-state index in [0.29, 0.717) is 29.3 Å². The van der Waals surface area contributed by atoms with Crippen LogP contribution in [0.25, 0.3) is 11.9 Å². The van der Waals surface area contributed by atoms with Crippen LogP contribution in [-0.4, -0.2) is 51.2 Å². The van der Waals surface area contributed by atoms with Crippen molar-refractivity contribution in [1.29, 1.82) is 0 Å². The van der Waals surface area contributed by atoms with Gasteiger partial charge in [0.25, 0.3) is 5.78 Å². The second-order valence-electron chi connectivity index (χ2n) is 4.43. The molecule has 0 saturated heterocycles. The summed E-state index contributed by atoms with van der Waals surface area (Å²) in [6, 6.07) is 0. The van der Waals surface area contributed by atoms with Crippen LogP contribution in [0.1, 0.15) is 28.7 Å². The van der Waals surface area contributed by atoms with E-state index in [9.17, 15) is 4.79 Å². The van der Waals surface area contributed by atoms with Crippen molar-refractivity contribution in [3.8, 4) is 0 Å². The summed E-state index contributed by atoms with van der Waals surface area (Å²) in [6.45, 7) is 3.84. The summed E-state index contributed by atoms with van der Waals surface area (Å²) in [5, 5.41) is 4.11. The fourth-order valence-corrected chi connectivity index (χ4v) is 1.81. The number of fused-ring (bicyclic) bond motifs is 1. The quantitative estimate of drug-likeness (QED) is 0.779. The molecule has 2 aromatic rings. The first kappa shape index (κ1) is 14.0. The Bertz CT molecular complexity index is 660. The lowest BCUT2D eigenvalue weighted by atomic mass is 10.1. The Kier molecular flexibility index (Phi) is 3.97. The molecule has 0 unspecified atom stereocenters. The molecule has 106 valence electrons. The number of carbonyl (C=O) groups is 1. The Hall–Kier alpha value is -2.44. The Morgan fingerprint density at radius 2 is 2.25 bits per heavy atom. The first-order chi connectivity index (χ1) is 9.54. The molecule has 0 N–H and O–H groups in total. The lowest BCUT2D eigenvalue weighted by molar-refractivity contribution is 0.0524. The molecule has 7 heteroatoms. The molecule has 0 aliphatic rings. The van der Waals surface area contributed by atoms with Crippen molar-refractivity contribution in [3.05, 3.63) is 29.5 Å². The standard InChI is InChI=1S/C13H17N5O2/c1-5-20-12(19)11-9(2)16-13-14-8-15-18(13)10(11)6-7-17(3)4/h6-8H,5H2,1-4H3/b7-6+. The van der Waals surface area contributed by atoms with Gasteiger partial charge in [0.1, 0.15) is 11.9 Å². The number of hydrogen-bond donors (Lipinski definition) is 0. The third kappa shape index (κ3) is 2.61. The predicted molar refractivity (Wildman–Crippen MR) is 74.2 cm³/mol. The van der Waals surface area contributed by atoms with Crippen molar-refractivity contribution in [2.45, 2.75) is 13.8 Å². The summed E-state index contributed by atoms with van der Waals surface area (Å²) in [4.78, 5) is 22.3. The highest BCUT2D eigenvalue weighted by Crippen LogP contribution is 2.17. The summed E-state index contributed by atoms with van der Waals surface area (Å²) in [5.74, 6) is 0.0438. The highest BCUT2D eigenvalue weighted by molar-refractivity contribution is 5.94. The van der Waals surface area contributed by atoms with Crippen LogP contribution in [0.15, 0.2) is 12.5 Å². The first-order valence-electron chi connectivity index (χ1n) is 6.26. The molecular formula is C13H17N5O2. The molecule has 0 fully saturated rings. The van der Waals surface area contributed by atoms with Crippen LogP contribution in [0.5, 0.6) is 0 Å². The van der Waals surface area contributed by atoms with Crippen molar-refractivity contribution >= 4 is 17.8 Å². The zero-order valence-electron chi connectivity index (χ0n) is 12.0. The van der Waals surface area contributed by atoms with E-state index < -0.39 is 5.97 Å². The van der Waals surface area contributed by atoms with Gasteiger partial charge in [0.15, 0.2) is 0 Å². The van der Waals surface area contributed by atoms with Crippen LogP contribution in [0, 0.1) is 6.92 Å². The molecule has 0 aliphatic heterocycles. The molecular weight excluding hydrogens is 258 g/mol. The minimum absolute atomic E-state index is 0.310. The summed E-state index contributed by atoms with van der Waals surface area (Å²) in [6.07, 6.45) is 5.03. The van der Waals surface area contributed by atoms with Gasteiger partial charge in [-0.3, -0.25) is 0 Å². The second kappa shape index (κ2) is 5.68. The van der Waals surface area contributed by atoms with E-state index >= 15 is 0 Å². The normalized spacial score (nSPS) is 11.2. The number of nitrogens with zero attached hydrogens (tertiary/aromatic N) is 5. The van der Waals surface area contributed by atoms with Crippen LogP contribution in [-0.2, 0) is 4.74 Å². The maximum Gasteiger partial charge on any atom is 0.342 e. The fourth-order valence-electron chi connectivity index (χ4n) is 1.81.